The van der Waals surface area contributed by atoms with Crippen LogP contribution in [0.3, 0.4) is 0 Å². The number of allylic oxidation sites excluding steroid dienone is 1. The maximum Gasteiger partial charge on any atom is 0.207 e. The maximum absolute atomic E-state index is 10.9. The van der Waals surface area contributed by atoms with Gasteiger partial charge in [0, 0.05) is 17.5 Å². The summed E-state index contributed by atoms with van der Waals surface area (Å²) in [5, 5.41) is 2.84. The predicted molar refractivity (Wildman–Crippen MR) is 89.1 cm³/mol. The van der Waals surface area contributed by atoms with E-state index in [1.807, 2.05) is 48.5 Å². The molecule has 0 radical (unpaired) electrons. The molecule has 0 bridgehead atoms. The molecule has 0 heterocycles. The second kappa shape index (κ2) is 7.46. The van der Waals surface area contributed by atoms with Crippen LogP contribution in [0.25, 0.3) is 0 Å². The fourth-order valence-corrected chi connectivity index (χ4v) is 2.91. The number of benzene rings is 2. The molecular weight excluding hydrogens is 274 g/mol. The largest absolute Gasteiger partial charge is 0.496 e. The van der Waals surface area contributed by atoms with E-state index >= 15 is 0 Å². The standard InChI is InChI=1S/C19H21NO2/c1-3-13-19(14-20-15-21,16-9-5-4-6-10-16)17-11-7-8-12-18(17)22-2/h3-12,15H,1,13-14H2,2H3,(H,20,21)/t19-/m1/s1. The first-order chi connectivity index (χ1) is 10.8. The van der Waals surface area contributed by atoms with Gasteiger partial charge in [0.1, 0.15) is 5.75 Å². The topological polar surface area (TPSA) is 38.3 Å². The molecule has 0 aliphatic rings. The van der Waals surface area contributed by atoms with E-state index in [1.54, 1.807) is 7.11 Å². The summed E-state index contributed by atoms with van der Waals surface area (Å²) in [6, 6.07) is 18.0. The number of amides is 1. The van der Waals surface area contributed by atoms with Crippen molar-refractivity contribution in [3.05, 3.63) is 78.4 Å². The zero-order chi connectivity index (χ0) is 15.8. The van der Waals surface area contributed by atoms with Crippen molar-refractivity contribution in [3.8, 4) is 5.75 Å². The second-order valence-corrected chi connectivity index (χ2v) is 5.14. The molecule has 2 aromatic rings. The number of para-hydroxylation sites is 1. The zero-order valence-electron chi connectivity index (χ0n) is 12.8. The van der Waals surface area contributed by atoms with Crippen LogP contribution < -0.4 is 10.1 Å². The summed E-state index contributed by atoms with van der Waals surface area (Å²) in [5.41, 5.74) is 1.75. The third-order valence-electron chi connectivity index (χ3n) is 3.93. The lowest BCUT2D eigenvalue weighted by atomic mass is 9.71. The van der Waals surface area contributed by atoms with E-state index < -0.39 is 5.41 Å². The number of nitrogens with one attached hydrogen (secondary N) is 1. The number of carbonyl (C=O) groups is 1. The molecule has 114 valence electrons. The van der Waals surface area contributed by atoms with Gasteiger partial charge >= 0.3 is 0 Å². The van der Waals surface area contributed by atoms with Gasteiger partial charge in [-0.1, -0.05) is 54.6 Å². The van der Waals surface area contributed by atoms with Gasteiger partial charge in [0.15, 0.2) is 0 Å². The van der Waals surface area contributed by atoms with E-state index in [4.69, 9.17) is 4.74 Å². The molecular formula is C19H21NO2. The summed E-state index contributed by atoms with van der Waals surface area (Å²) in [6.45, 7) is 4.38. The third-order valence-corrected chi connectivity index (χ3v) is 3.93. The van der Waals surface area contributed by atoms with Crippen LogP contribution in [0, 0.1) is 0 Å². The number of carbonyl (C=O) groups excluding carboxylic acids is 1. The fourth-order valence-electron chi connectivity index (χ4n) is 2.91. The number of methoxy groups -OCH3 is 1. The number of hydrogen-bond donors (Lipinski definition) is 1. The van der Waals surface area contributed by atoms with E-state index in [9.17, 15) is 4.79 Å². The van der Waals surface area contributed by atoms with Crippen molar-refractivity contribution in [2.24, 2.45) is 0 Å². The third kappa shape index (κ3) is 3.03. The highest BCUT2D eigenvalue weighted by atomic mass is 16.5. The fraction of sp³-hybridized carbons (Fsp3) is 0.211. The Balaban J connectivity index is 2.66. The first-order valence-electron chi connectivity index (χ1n) is 7.25. The molecule has 1 amide bonds. The van der Waals surface area contributed by atoms with Crippen LogP contribution in [-0.4, -0.2) is 20.1 Å². The molecule has 3 nitrogen and oxygen atoms in total. The Morgan fingerprint density at radius 2 is 1.82 bits per heavy atom. The normalized spacial score (nSPS) is 13.0. The van der Waals surface area contributed by atoms with E-state index in [2.05, 4.69) is 24.0 Å². The lowest BCUT2D eigenvalue weighted by molar-refractivity contribution is -0.109. The van der Waals surface area contributed by atoms with Gasteiger partial charge in [-0.2, -0.15) is 0 Å². The van der Waals surface area contributed by atoms with Gasteiger partial charge in [-0.05, 0) is 18.1 Å². The highest BCUT2D eigenvalue weighted by molar-refractivity contribution is 5.52. The average Bonchev–Trinajstić information content (AvgIpc) is 2.59. The SMILES string of the molecule is C=CC[C@@](CNC=O)(c1ccccc1)c1ccccc1OC. The van der Waals surface area contributed by atoms with Crippen LogP contribution in [0.5, 0.6) is 5.75 Å². The van der Waals surface area contributed by atoms with Crippen LogP contribution >= 0.6 is 0 Å². The van der Waals surface area contributed by atoms with Crippen molar-refractivity contribution in [1.82, 2.24) is 5.32 Å². The molecule has 3 heteroatoms. The highest BCUT2D eigenvalue weighted by Gasteiger charge is 2.35. The Morgan fingerprint density at radius 1 is 1.14 bits per heavy atom. The Bertz CT molecular complexity index is 624. The van der Waals surface area contributed by atoms with Crippen LogP contribution in [0.2, 0.25) is 0 Å². The lowest BCUT2D eigenvalue weighted by Crippen LogP contribution is -2.39. The van der Waals surface area contributed by atoms with Crippen LogP contribution in [0.15, 0.2) is 67.3 Å². The smallest absolute Gasteiger partial charge is 0.207 e. The number of rotatable bonds is 8. The van der Waals surface area contributed by atoms with Gasteiger partial charge in [0.05, 0.1) is 7.11 Å². The number of ether oxygens (including phenoxy) is 1. The highest BCUT2D eigenvalue weighted by Crippen LogP contribution is 2.40. The van der Waals surface area contributed by atoms with Gasteiger partial charge in [-0.25, -0.2) is 0 Å². The molecule has 2 aromatic carbocycles. The van der Waals surface area contributed by atoms with Gasteiger partial charge in [-0.15, -0.1) is 6.58 Å². The monoisotopic (exact) mass is 295 g/mol. The van der Waals surface area contributed by atoms with Crippen molar-refractivity contribution in [2.45, 2.75) is 11.8 Å². The summed E-state index contributed by atoms with van der Waals surface area (Å²) >= 11 is 0. The molecule has 0 saturated heterocycles. The number of hydrogen-bond acceptors (Lipinski definition) is 2. The maximum atomic E-state index is 10.9. The van der Waals surface area contributed by atoms with E-state index in [-0.39, 0.29) is 0 Å². The molecule has 0 fully saturated rings. The molecule has 0 spiro atoms. The van der Waals surface area contributed by atoms with Gasteiger partial charge in [0.2, 0.25) is 6.41 Å². The van der Waals surface area contributed by atoms with Crippen LogP contribution in [-0.2, 0) is 10.2 Å². The minimum Gasteiger partial charge on any atom is -0.496 e. The van der Waals surface area contributed by atoms with Crippen LogP contribution in [0.1, 0.15) is 17.5 Å². The first-order valence-corrected chi connectivity index (χ1v) is 7.25. The van der Waals surface area contributed by atoms with Crippen molar-refractivity contribution in [1.29, 1.82) is 0 Å². The predicted octanol–water partition coefficient (Wildman–Crippen LogP) is 3.30. The molecule has 22 heavy (non-hydrogen) atoms. The first kappa shape index (κ1) is 15.8. The average molecular weight is 295 g/mol. The molecule has 2 rings (SSSR count). The minimum absolute atomic E-state index is 0.406. The van der Waals surface area contributed by atoms with Crippen molar-refractivity contribution in [2.75, 3.05) is 13.7 Å². The Morgan fingerprint density at radius 3 is 2.45 bits per heavy atom. The van der Waals surface area contributed by atoms with Gasteiger partial charge < -0.3 is 10.1 Å². The van der Waals surface area contributed by atoms with Crippen LogP contribution in [0.4, 0.5) is 0 Å². The van der Waals surface area contributed by atoms with Crippen molar-refractivity contribution < 1.29 is 9.53 Å². The summed E-state index contributed by atoms with van der Waals surface area (Å²) in [6.07, 6.45) is 3.31. The molecule has 1 N–H and O–H groups in total. The van der Waals surface area contributed by atoms with Gasteiger partial charge in [0.25, 0.3) is 0 Å². The minimum atomic E-state index is -0.406. The molecule has 0 saturated carbocycles. The summed E-state index contributed by atoms with van der Waals surface area (Å²) in [5.74, 6) is 0.806. The summed E-state index contributed by atoms with van der Waals surface area (Å²) in [7, 11) is 1.66. The summed E-state index contributed by atoms with van der Waals surface area (Å²) < 4.78 is 5.55. The van der Waals surface area contributed by atoms with E-state index in [0.29, 0.717) is 13.0 Å². The lowest BCUT2D eigenvalue weighted by Gasteiger charge is -2.35. The van der Waals surface area contributed by atoms with Crippen molar-refractivity contribution in [3.63, 3.8) is 0 Å². The molecule has 1 atom stereocenters. The molecule has 0 aliphatic carbocycles. The van der Waals surface area contributed by atoms with Crippen molar-refractivity contribution >= 4 is 6.41 Å². The molecule has 0 unspecified atom stereocenters. The molecule has 0 aromatic heterocycles. The van der Waals surface area contributed by atoms with Gasteiger partial charge in [-0.3, -0.25) is 4.79 Å². The second-order valence-electron chi connectivity index (χ2n) is 5.14. The van der Waals surface area contributed by atoms with E-state index in [1.165, 1.54) is 0 Å². The van der Waals surface area contributed by atoms with E-state index in [0.717, 1.165) is 23.3 Å². The summed E-state index contributed by atoms with van der Waals surface area (Å²) in [4.78, 5) is 10.9. The molecule has 0 aliphatic heterocycles. The Kier molecular flexibility index (Phi) is 5.37. The zero-order valence-corrected chi connectivity index (χ0v) is 12.8. The Labute approximate surface area is 131 Å². The Hall–Kier alpha value is -2.55. The quantitative estimate of drug-likeness (QED) is 0.599.